The van der Waals surface area contributed by atoms with E-state index in [0.29, 0.717) is 6.04 Å². The Kier molecular flexibility index (Phi) is 5.18. The van der Waals surface area contributed by atoms with Gasteiger partial charge in [-0.25, -0.2) is 9.97 Å². The molecule has 1 saturated heterocycles. The van der Waals surface area contributed by atoms with E-state index in [1.165, 1.54) is 12.8 Å². The fourth-order valence-corrected chi connectivity index (χ4v) is 2.93. The van der Waals surface area contributed by atoms with Crippen LogP contribution in [-0.2, 0) is 13.0 Å². The van der Waals surface area contributed by atoms with Gasteiger partial charge in [0.2, 0.25) is 5.95 Å². The molecular weight excluding hydrogens is 286 g/mol. The maximum absolute atomic E-state index is 4.74. The van der Waals surface area contributed by atoms with E-state index in [0.717, 1.165) is 43.4 Å². The van der Waals surface area contributed by atoms with Gasteiger partial charge in [0, 0.05) is 50.2 Å². The van der Waals surface area contributed by atoms with Gasteiger partial charge in [-0.1, -0.05) is 6.07 Å². The molecule has 0 radical (unpaired) electrons. The van der Waals surface area contributed by atoms with Crippen molar-refractivity contribution in [2.45, 2.75) is 38.8 Å². The van der Waals surface area contributed by atoms with E-state index in [2.05, 4.69) is 39.8 Å². The Bertz CT molecular complexity index is 610. The van der Waals surface area contributed by atoms with Crippen LogP contribution in [0.25, 0.3) is 0 Å². The van der Waals surface area contributed by atoms with Crippen molar-refractivity contribution < 1.29 is 0 Å². The summed E-state index contributed by atoms with van der Waals surface area (Å²) in [7, 11) is 2.14. The molecule has 1 fully saturated rings. The van der Waals surface area contributed by atoms with E-state index in [1.54, 1.807) is 0 Å². The Morgan fingerprint density at radius 1 is 1.09 bits per heavy atom. The first-order chi connectivity index (χ1) is 11.2. The van der Waals surface area contributed by atoms with E-state index in [1.807, 2.05) is 30.6 Å². The smallest absolute Gasteiger partial charge is 0.225 e. The average Bonchev–Trinajstić information content (AvgIpc) is 3.10. The van der Waals surface area contributed by atoms with Crippen LogP contribution in [0.5, 0.6) is 0 Å². The second-order valence-electron chi connectivity index (χ2n) is 6.33. The van der Waals surface area contributed by atoms with Gasteiger partial charge in [0.15, 0.2) is 0 Å². The van der Waals surface area contributed by atoms with Crippen LogP contribution in [0, 0.1) is 0 Å². The predicted molar refractivity (Wildman–Crippen MR) is 92.3 cm³/mol. The number of hydrogen-bond donors (Lipinski definition) is 0. The largest absolute Gasteiger partial charge is 0.341 e. The van der Waals surface area contributed by atoms with Crippen LogP contribution in [0.3, 0.4) is 0 Å². The molecule has 23 heavy (non-hydrogen) atoms. The van der Waals surface area contributed by atoms with Crippen molar-refractivity contribution in [1.29, 1.82) is 0 Å². The summed E-state index contributed by atoms with van der Waals surface area (Å²) in [5.41, 5.74) is 2.21. The lowest BCUT2D eigenvalue weighted by atomic mass is 10.1. The van der Waals surface area contributed by atoms with E-state index in [4.69, 9.17) is 4.98 Å². The molecular formula is C18H25N5. The predicted octanol–water partition coefficient (Wildman–Crippen LogP) is 2.53. The van der Waals surface area contributed by atoms with Crippen LogP contribution >= 0.6 is 0 Å². The summed E-state index contributed by atoms with van der Waals surface area (Å²) in [6.07, 6.45) is 7.17. The van der Waals surface area contributed by atoms with Crippen LogP contribution in [-0.4, -0.2) is 46.0 Å². The third kappa shape index (κ3) is 4.26. The number of aromatic nitrogens is 3. The van der Waals surface area contributed by atoms with Crippen LogP contribution in [0.1, 0.15) is 31.2 Å². The lowest BCUT2D eigenvalue weighted by Gasteiger charge is -2.24. The molecule has 0 saturated carbocycles. The van der Waals surface area contributed by atoms with Crippen LogP contribution in [0.2, 0.25) is 0 Å². The van der Waals surface area contributed by atoms with Gasteiger partial charge in [0.05, 0.1) is 5.69 Å². The monoisotopic (exact) mass is 311 g/mol. The maximum Gasteiger partial charge on any atom is 0.225 e. The second kappa shape index (κ2) is 7.51. The third-order valence-electron chi connectivity index (χ3n) is 4.48. The van der Waals surface area contributed by atoms with E-state index >= 15 is 0 Å². The van der Waals surface area contributed by atoms with Gasteiger partial charge in [-0.2, -0.15) is 0 Å². The zero-order valence-electron chi connectivity index (χ0n) is 14.0. The number of nitrogens with zero attached hydrogens (tertiary/aromatic N) is 5. The first kappa shape index (κ1) is 15.9. The SMILES string of the molecule is C[C@@H](Cc1ccccn1)N(C)Cc1ccnc(N2CCCC2)n1. The minimum absolute atomic E-state index is 0.412. The molecule has 1 aliphatic heterocycles. The van der Waals surface area contributed by atoms with Crippen molar-refractivity contribution in [3.8, 4) is 0 Å². The number of anilines is 1. The summed E-state index contributed by atoms with van der Waals surface area (Å²) in [5, 5.41) is 0. The Morgan fingerprint density at radius 2 is 1.91 bits per heavy atom. The van der Waals surface area contributed by atoms with E-state index in [-0.39, 0.29) is 0 Å². The first-order valence-corrected chi connectivity index (χ1v) is 8.39. The third-order valence-corrected chi connectivity index (χ3v) is 4.48. The number of likely N-dealkylation sites (N-methyl/N-ethyl adjacent to an activating group) is 1. The van der Waals surface area contributed by atoms with Crippen molar-refractivity contribution >= 4 is 5.95 Å². The molecule has 0 amide bonds. The highest BCUT2D eigenvalue weighted by molar-refractivity contribution is 5.31. The summed E-state index contributed by atoms with van der Waals surface area (Å²) in [5.74, 6) is 0.880. The molecule has 1 aliphatic rings. The molecule has 0 unspecified atom stereocenters. The second-order valence-corrected chi connectivity index (χ2v) is 6.33. The summed E-state index contributed by atoms with van der Waals surface area (Å²) in [6, 6.07) is 8.51. The lowest BCUT2D eigenvalue weighted by molar-refractivity contribution is 0.244. The summed E-state index contributed by atoms with van der Waals surface area (Å²) >= 11 is 0. The van der Waals surface area contributed by atoms with Gasteiger partial charge in [-0.05, 0) is 45.0 Å². The van der Waals surface area contributed by atoms with Crippen molar-refractivity contribution in [2.75, 3.05) is 25.0 Å². The van der Waals surface area contributed by atoms with Crippen molar-refractivity contribution in [1.82, 2.24) is 19.9 Å². The Morgan fingerprint density at radius 3 is 2.65 bits per heavy atom. The molecule has 0 aromatic carbocycles. The number of rotatable bonds is 6. The van der Waals surface area contributed by atoms with Crippen molar-refractivity contribution in [3.63, 3.8) is 0 Å². The normalized spacial score (nSPS) is 16.0. The summed E-state index contributed by atoms with van der Waals surface area (Å²) in [4.78, 5) is 18.2. The van der Waals surface area contributed by atoms with Gasteiger partial charge < -0.3 is 4.90 Å². The van der Waals surface area contributed by atoms with E-state index < -0.39 is 0 Å². The molecule has 0 bridgehead atoms. The highest BCUT2D eigenvalue weighted by Gasteiger charge is 2.16. The standard InChI is InChI=1S/C18H25N5/c1-15(13-16-7-3-4-9-19-16)22(2)14-17-8-10-20-18(21-17)23-11-5-6-12-23/h3-4,7-10,15H,5-6,11-14H2,1-2H3/t15-/m0/s1. The first-order valence-electron chi connectivity index (χ1n) is 8.39. The molecule has 1 atom stereocenters. The molecule has 5 nitrogen and oxygen atoms in total. The molecule has 0 aliphatic carbocycles. The van der Waals surface area contributed by atoms with Gasteiger partial charge in [0.1, 0.15) is 0 Å². The lowest BCUT2D eigenvalue weighted by Crippen LogP contribution is -2.31. The van der Waals surface area contributed by atoms with Crippen LogP contribution in [0.4, 0.5) is 5.95 Å². The zero-order chi connectivity index (χ0) is 16.1. The Hall–Kier alpha value is -2.01. The minimum Gasteiger partial charge on any atom is -0.341 e. The van der Waals surface area contributed by atoms with Crippen molar-refractivity contribution in [3.05, 3.63) is 48.0 Å². The fraction of sp³-hybridized carbons (Fsp3) is 0.500. The number of hydrogen-bond acceptors (Lipinski definition) is 5. The van der Waals surface area contributed by atoms with Gasteiger partial charge in [-0.15, -0.1) is 0 Å². The molecule has 2 aromatic rings. The molecule has 0 spiro atoms. The van der Waals surface area contributed by atoms with Gasteiger partial charge in [0.25, 0.3) is 0 Å². The molecule has 3 rings (SSSR count). The molecule has 122 valence electrons. The zero-order valence-corrected chi connectivity index (χ0v) is 14.0. The minimum atomic E-state index is 0.412. The average molecular weight is 311 g/mol. The highest BCUT2D eigenvalue weighted by Crippen LogP contribution is 2.16. The Balaban J connectivity index is 1.60. The summed E-state index contributed by atoms with van der Waals surface area (Å²) < 4.78 is 0. The van der Waals surface area contributed by atoms with Gasteiger partial charge >= 0.3 is 0 Å². The Labute approximate surface area is 138 Å². The quantitative estimate of drug-likeness (QED) is 0.820. The van der Waals surface area contributed by atoms with Crippen molar-refractivity contribution in [2.24, 2.45) is 0 Å². The number of pyridine rings is 1. The maximum atomic E-state index is 4.74. The molecule has 2 aromatic heterocycles. The fourth-order valence-electron chi connectivity index (χ4n) is 2.93. The highest BCUT2D eigenvalue weighted by atomic mass is 15.3. The topological polar surface area (TPSA) is 45.2 Å². The van der Waals surface area contributed by atoms with E-state index in [9.17, 15) is 0 Å². The summed E-state index contributed by atoms with van der Waals surface area (Å²) in [6.45, 7) is 5.22. The molecule has 3 heterocycles. The van der Waals surface area contributed by atoms with Crippen LogP contribution in [0.15, 0.2) is 36.7 Å². The molecule has 5 heteroatoms. The van der Waals surface area contributed by atoms with Crippen LogP contribution < -0.4 is 4.90 Å². The van der Waals surface area contributed by atoms with Gasteiger partial charge in [-0.3, -0.25) is 9.88 Å². The molecule has 0 N–H and O–H groups in total.